The second-order valence-corrected chi connectivity index (χ2v) is 7.16. The largest absolute Gasteiger partial charge is 0.337 e. The third-order valence-corrected chi connectivity index (χ3v) is 5.10. The van der Waals surface area contributed by atoms with Crippen LogP contribution in [0.25, 0.3) is 0 Å². The number of hydrogen-bond donors (Lipinski definition) is 0. The van der Waals surface area contributed by atoms with Crippen LogP contribution < -0.4 is 0 Å². The van der Waals surface area contributed by atoms with Crippen molar-refractivity contribution in [2.24, 2.45) is 17.0 Å². The molecule has 1 fully saturated rings. The number of piperazine rings is 1. The van der Waals surface area contributed by atoms with Gasteiger partial charge < -0.3 is 9.80 Å². The first kappa shape index (κ1) is 20.8. The Morgan fingerprint density at radius 1 is 1.10 bits per heavy atom. The molecule has 11 heteroatoms. The van der Waals surface area contributed by atoms with Crippen molar-refractivity contribution in [2.75, 3.05) is 26.2 Å². The molecular formula is C20H19F3N6O2. The number of benzene rings is 1. The molecule has 31 heavy (non-hydrogen) atoms. The number of alkyl halides is 3. The van der Waals surface area contributed by atoms with Crippen LogP contribution in [-0.2, 0) is 11.8 Å². The molecule has 162 valence electrons. The Morgan fingerprint density at radius 2 is 1.77 bits per heavy atom. The van der Waals surface area contributed by atoms with E-state index < -0.39 is 30.1 Å². The predicted molar refractivity (Wildman–Crippen MR) is 106 cm³/mol. The zero-order valence-corrected chi connectivity index (χ0v) is 16.6. The number of rotatable bonds is 3. The van der Waals surface area contributed by atoms with Crippen molar-refractivity contribution < 1.29 is 22.8 Å². The van der Waals surface area contributed by atoms with Gasteiger partial charge in [0.15, 0.2) is 0 Å². The van der Waals surface area contributed by atoms with Gasteiger partial charge in [-0.05, 0) is 5.56 Å². The molecule has 0 N–H and O–H groups in total. The first-order valence-electron chi connectivity index (χ1n) is 9.61. The van der Waals surface area contributed by atoms with Gasteiger partial charge >= 0.3 is 0 Å². The highest BCUT2D eigenvalue weighted by Crippen LogP contribution is 2.23. The van der Waals surface area contributed by atoms with Crippen molar-refractivity contribution in [3.8, 4) is 0 Å². The normalized spacial score (nSPS) is 19.5. The number of aliphatic imine (C=N–C) groups is 2. The quantitative estimate of drug-likeness (QED) is 0.741. The summed E-state index contributed by atoms with van der Waals surface area (Å²) in [6.07, 6.45) is -3.52. The molecule has 1 aromatic carbocycles. The summed E-state index contributed by atoms with van der Waals surface area (Å²) >= 11 is 0. The van der Waals surface area contributed by atoms with Crippen molar-refractivity contribution in [1.29, 1.82) is 0 Å². The Kier molecular flexibility index (Phi) is 5.57. The summed E-state index contributed by atoms with van der Waals surface area (Å²) in [5, 5.41) is 3.67. The standard InChI is InChI=1S/C20H19F3N6O2/c1-27-11-13(16(26-27)17(22)23)19(31)28-7-9-29(10-8-28)20-24-15(14(21)18(30)25-20)12-5-3-2-4-6-12/h2-6,11,14,17H,7-10H2,1H3. The predicted octanol–water partition coefficient (Wildman–Crippen LogP) is 1.84. The van der Waals surface area contributed by atoms with Crippen LogP contribution in [0.1, 0.15) is 28.0 Å². The fraction of sp³-hybridized carbons (Fsp3) is 0.350. The molecule has 2 aliphatic rings. The minimum absolute atomic E-state index is 0.00830. The minimum atomic E-state index is -2.86. The lowest BCUT2D eigenvalue weighted by molar-refractivity contribution is -0.120. The second kappa shape index (κ2) is 8.32. The van der Waals surface area contributed by atoms with Gasteiger partial charge in [0.05, 0.1) is 11.3 Å². The Hall–Kier alpha value is -3.50. The van der Waals surface area contributed by atoms with Crippen LogP contribution in [0.15, 0.2) is 46.5 Å². The van der Waals surface area contributed by atoms with Gasteiger partial charge in [-0.3, -0.25) is 14.3 Å². The first-order valence-corrected chi connectivity index (χ1v) is 9.61. The topological polar surface area (TPSA) is 83.2 Å². The number of halogens is 3. The van der Waals surface area contributed by atoms with Crippen molar-refractivity contribution in [3.63, 3.8) is 0 Å². The molecule has 0 saturated carbocycles. The van der Waals surface area contributed by atoms with Crippen LogP contribution in [0.2, 0.25) is 0 Å². The fourth-order valence-electron chi connectivity index (χ4n) is 3.53. The van der Waals surface area contributed by atoms with E-state index in [1.165, 1.54) is 22.8 Å². The highest BCUT2D eigenvalue weighted by atomic mass is 19.3. The van der Waals surface area contributed by atoms with E-state index >= 15 is 0 Å². The van der Waals surface area contributed by atoms with Gasteiger partial charge in [0.2, 0.25) is 12.1 Å². The molecule has 0 aliphatic carbocycles. The number of guanidine groups is 1. The van der Waals surface area contributed by atoms with E-state index in [2.05, 4.69) is 15.1 Å². The number of carbonyl (C=O) groups excluding carboxylic acids is 2. The van der Waals surface area contributed by atoms with Gasteiger partial charge in [0.25, 0.3) is 18.2 Å². The van der Waals surface area contributed by atoms with Crippen molar-refractivity contribution >= 4 is 23.5 Å². The molecular weight excluding hydrogens is 413 g/mol. The second-order valence-electron chi connectivity index (χ2n) is 7.16. The Balaban J connectivity index is 1.49. The van der Waals surface area contributed by atoms with Gasteiger partial charge in [-0.2, -0.15) is 10.1 Å². The van der Waals surface area contributed by atoms with Crippen LogP contribution in [0.3, 0.4) is 0 Å². The summed E-state index contributed by atoms with van der Waals surface area (Å²) in [5.74, 6) is -1.39. The van der Waals surface area contributed by atoms with E-state index in [-0.39, 0.29) is 43.4 Å². The molecule has 0 spiro atoms. The maximum Gasteiger partial charge on any atom is 0.289 e. The zero-order valence-electron chi connectivity index (χ0n) is 16.6. The lowest BCUT2D eigenvalue weighted by Gasteiger charge is -2.36. The van der Waals surface area contributed by atoms with E-state index in [4.69, 9.17) is 0 Å². The van der Waals surface area contributed by atoms with Crippen LogP contribution in [0, 0.1) is 0 Å². The van der Waals surface area contributed by atoms with Gasteiger partial charge in [0, 0.05) is 39.4 Å². The van der Waals surface area contributed by atoms with Gasteiger partial charge in [0.1, 0.15) is 5.69 Å². The Morgan fingerprint density at radius 3 is 2.42 bits per heavy atom. The average Bonchev–Trinajstić information content (AvgIpc) is 3.18. The van der Waals surface area contributed by atoms with Crippen molar-refractivity contribution in [1.82, 2.24) is 19.6 Å². The molecule has 1 aromatic heterocycles. The summed E-state index contributed by atoms with van der Waals surface area (Å²) in [6.45, 7) is 0.951. The summed E-state index contributed by atoms with van der Waals surface area (Å²) < 4.78 is 41.9. The third kappa shape index (κ3) is 4.07. The van der Waals surface area contributed by atoms with Crippen LogP contribution >= 0.6 is 0 Å². The van der Waals surface area contributed by atoms with Crippen molar-refractivity contribution in [2.45, 2.75) is 12.6 Å². The molecule has 1 unspecified atom stereocenters. The van der Waals surface area contributed by atoms with Crippen LogP contribution in [-0.4, -0.2) is 75.4 Å². The fourth-order valence-corrected chi connectivity index (χ4v) is 3.53. The third-order valence-electron chi connectivity index (χ3n) is 5.10. The molecule has 2 aliphatic heterocycles. The van der Waals surface area contributed by atoms with Crippen molar-refractivity contribution in [3.05, 3.63) is 53.3 Å². The molecule has 1 atom stereocenters. The van der Waals surface area contributed by atoms with Gasteiger partial charge in [-0.25, -0.2) is 18.2 Å². The highest BCUT2D eigenvalue weighted by molar-refractivity contribution is 6.23. The summed E-state index contributed by atoms with van der Waals surface area (Å²) in [4.78, 5) is 35.9. The molecule has 3 heterocycles. The average molecular weight is 432 g/mol. The van der Waals surface area contributed by atoms with E-state index in [1.54, 1.807) is 35.2 Å². The maximum absolute atomic E-state index is 14.4. The Labute approximate surface area is 175 Å². The monoisotopic (exact) mass is 432 g/mol. The highest BCUT2D eigenvalue weighted by Gasteiger charge is 2.34. The number of amides is 2. The molecule has 0 bridgehead atoms. The Bertz CT molecular complexity index is 1060. The number of carbonyl (C=O) groups is 2. The lowest BCUT2D eigenvalue weighted by atomic mass is 10.0. The molecule has 0 radical (unpaired) electrons. The molecule has 1 saturated heterocycles. The van der Waals surface area contributed by atoms with Gasteiger partial charge in [-0.1, -0.05) is 30.3 Å². The number of nitrogens with zero attached hydrogens (tertiary/aromatic N) is 6. The SMILES string of the molecule is Cn1cc(C(=O)N2CCN(C3=NC(=O)C(F)C(c4ccccc4)=N3)CC2)c(C(F)F)n1. The first-order chi connectivity index (χ1) is 14.8. The summed E-state index contributed by atoms with van der Waals surface area (Å²) in [5.41, 5.74) is -0.212. The minimum Gasteiger partial charge on any atom is -0.337 e. The summed E-state index contributed by atoms with van der Waals surface area (Å²) in [6, 6.07) is 8.53. The molecule has 8 nitrogen and oxygen atoms in total. The summed E-state index contributed by atoms with van der Waals surface area (Å²) in [7, 11) is 1.47. The maximum atomic E-state index is 14.4. The molecule has 2 aromatic rings. The smallest absolute Gasteiger partial charge is 0.289 e. The van der Waals surface area contributed by atoms with Crippen LogP contribution in [0.4, 0.5) is 13.2 Å². The lowest BCUT2D eigenvalue weighted by Crippen LogP contribution is -2.51. The molecule has 4 rings (SSSR count). The van der Waals surface area contributed by atoms with E-state index in [0.29, 0.717) is 5.56 Å². The number of hydrogen-bond acceptors (Lipinski definition) is 5. The van der Waals surface area contributed by atoms with Crippen LogP contribution in [0.5, 0.6) is 0 Å². The number of aryl methyl sites for hydroxylation is 1. The van der Waals surface area contributed by atoms with E-state index in [9.17, 15) is 22.8 Å². The van der Waals surface area contributed by atoms with Gasteiger partial charge in [-0.15, -0.1) is 0 Å². The van der Waals surface area contributed by atoms with E-state index in [1.807, 2.05) is 0 Å². The van der Waals surface area contributed by atoms with E-state index in [0.717, 1.165) is 0 Å². The zero-order chi connectivity index (χ0) is 22.1. The molecule has 2 amide bonds. The number of aromatic nitrogens is 2.